The van der Waals surface area contributed by atoms with E-state index in [1.165, 1.54) is 11.3 Å². The molecule has 144 valence electrons. The van der Waals surface area contributed by atoms with Gasteiger partial charge in [0.1, 0.15) is 12.1 Å². The summed E-state index contributed by atoms with van der Waals surface area (Å²) in [7, 11) is 0. The fraction of sp³-hybridized carbons (Fsp3) is 0.350. The number of carbonyl (C=O) groups excluding carboxylic acids is 2. The van der Waals surface area contributed by atoms with Gasteiger partial charge in [-0.1, -0.05) is 56.2 Å². The Labute approximate surface area is 162 Å². The maximum absolute atomic E-state index is 12.7. The Morgan fingerprint density at radius 1 is 1.04 bits per heavy atom. The second-order valence-electron chi connectivity index (χ2n) is 6.23. The predicted octanol–water partition coefficient (Wildman–Crippen LogP) is 2.85. The van der Waals surface area contributed by atoms with Gasteiger partial charge in [0.05, 0.1) is 4.88 Å². The van der Waals surface area contributed by atoms with Crippen molar-refractivity contribution in [3.05, 3.63) is 58.3 Å². The highest BCUT2D eigenvalue weighted by atomic mass is 32.1. The summed E-state index contributed by atoms with van der Waals surface area (Å²) in [4.78, 5) is 37.1. The van der Waals surface area contributed by atoms with Gasteiger partial charge in [0, 0.05) is 6.42 Å². The normalized spacial score (nSPS) is 12.8. The van der Waals surface area contributed by atoms with Gasteiger partial charge in [-0.15, -0.1) is 11.3 Å². The summed E-state index contributed by atoms with van der Waals surface area (Å²) < 4.78 is 0. The molecule has 0 spiro atoms. The van der Waals surface area contributed by atoms with Crippen molar-refractivity contribution < 1.29 is 19.5 Å². The van der Waals surface area contributed by atoms with Gasteiger partial charge in [-0.3, -0.25) is 9.59 Å². The van der Waals surface area contributed by atoms with Crippen molar-refractivity contribution in [3.8, 4) is 0 Å². The zero-order valence-electron chi connectivity index (χ0n) is 15.2. The summed E-state index contributed by atoms with van der Waals surface area (Å²) in [6, 6.07) is 10.9. The van der Waals surface area contributed by atoms with Crippen molar-refractivity contribution in [1.82, 2.24) is 10.6 Å². The van der Waals surface area contributed by atoms with E-state index >= 15 is 0 Å². The average molecular weight is 388 g/mol. The van der Waals surface area contributed by atoms with Crippen LogP contribution in [-0.4, -0.2) is 35.0 Å². The first kappa shape index (κ1) is 20.6. The Hall–Kier alpha value is -2.67. The number of carboxylic acid groups (broad SMARTS) is 1. The Balaban J connectivity index is 2.12. The first-order valence-electron chi connectivity index (χ1n) is 8.92. The highest BCUT2D eigenvalue weighted by molar-refractivity contribution is 7.12. The summed E-state index contributed by atoms with van der Waals surface area (Å²) >= 11 is 1.28. The van der Waals surface area contributed by atoms with Crippen LogP contribution < -0.4 is 10.6 Å². The number of carbonyl (C=O) groups is 3. The van der Waals surface area contributed by atoms with Gasteiger partial charge in [-0.2, -0.15) is 0 Å². The van der Waals surface area contributed by atoms with Crippen molar-refractivity contribution in [2.75, 3.05) is 0 Å². The molecule has 2 amide bonds. The van der Waals surface area contributed by atoms with E-state index in [1.807, 2.05) is 37.3 Å². The lowest BCUT2D eigenvalue weighted by atomic mass is 10.0. The van der Waals surface area contributed by atoms with Gasteiger partial charge < -0.3 is 15.7 Å². The minimum absolute atomic E-state index is 0.282. The van der Waals surface area contributed by atoms with Crippen molar-refractivity contribution in [3.63, 3.8) is 0 Å². The molecule has 27 heavy (non-hydrogen) atoms. The molecule has 2 unspecified atom stereocenters. The third kappa shape index (κ3) is 6.53. The maximum Gasteiger partial charge on any atom is 0.326 e. The molecule has 1 aromatic heterocycles. The number of hydrogen-bond acceptors (Lipinski definition) is 4. The maximum atomic E-state index is 12.7. The Kier molecular flexibility index (Phi) is 8.00. The summed E-state index contributed by atoms with van der Waals surface area (Å²) in [5.41, 5.74) is 0.879. The molecule has 0 saturated carbocycles. The lowest BCUT2D eigenvalue weighted by Crippen LogP contribution is -2.52. The lowest BCUT2D eigenvalue weighted by Gasteiger charge is -2.21. The molecule has 3 N–H and O–H groups in total. The second-order valence-corrected chi connectivity index (χ2v) is 7.18. The zero-order chi connectivity index (χ0) is 19.6. The van der Waals surface area contributed by atoms with E-state index in [-0.39, 0.29) is 12.3 Å². The molecular weight excluding hydrogens is 364 g/mol. The highest BCUT2D eigenvalue weighted by Gasteiger charge is 2.27. The molecular formula is C20H24N2O4S. The van der Waals surface area contributed by atoms with Crippen molar-refractivity contribution >= 4 is 29.1 Å². The number of nitrogens with one attached hydrogen (secondary N) is 2. The topological polar surface area (TPSA) is 95.5 Å². The van der Waals surface area contributed by atoms with Gasteiger partial charge in [0.2, 0.25) is 5.91 Å². The summed E-state index contributed by atoms with van der Waals surface area (Å²) in [6.07, 6.45) is 2.17. The van der Waals surface area contributed by atoms with Gasteiger partial charge in [-0.25, -0.2) is 4.79 Å². The van der Waals surface area contributed by atoms with Crippen LogP contribution in [0.2, 0.25) is 0 Å². The number of hydrogen-bond donors (Lipinski definition) is 3. The van der Waals surface area contributed by atoms with Crippen molar-refractivity contribution in [2.45, 2.75) is 44.7 Å². The minimum atomic E-state index is -1.07. The zero-order valence-corrected chi connectivity index (χ0v) is 16.0. The molecule has 1 heterocycles. The molecule has 2 rings (SSSR count). The predicted molar refractivity (Wildman–Crippen MR) is 105 cm³/mol. The molecule has 0 aliphatic rings. The van der Waals surface area contributed by atoms with Crippen LogP contribution in [-0.2, 0) is 16.0 Å². The van der Waals surface area contributed by atoms with Crippen LogP contribution in [0.25, 0.3) is 0 Å². The first-order chi connectivity index (χ1) is 13.0. The molecule has 0 saturated heterocycles. The Bertz CT molecular complexity index is 747. The van der Waals surface area contributed by atoms with Gasteiger partial charge >= 0.3 is 5.97 Å². The van der Waals surface area contributed by atoms with E-state index in [0.29, 0.717) is 17.7 Å². The highest BCUT2D eigenvalue weighted by Crippen LogP contribution is 2.11. The third-order valence-corrected chi connectivity index (χ3v) is 4.98. The second kappa shape index (κ2) is 10.5. The molecule has 1 aromatic carbocycles. The summed E-state index contributed by atoms with van der Waals surface area (Å²) in [5.74, 6) is -1.91. The first-order valence-corrected chi connectivity index (χ1v) is 9.80. The number of unbranched alkanes of at least 4 members (excludes halogenated alkanes) is 1. The fourth-order valence-corrected chi connectivity index (χ4v) is 3.26. The van der Waals surface area contributed by atoms with E-state index in [0.717, 1.165) is 12.0 Å². The summed E-state index contributed by atoms with van der Waals surface area (Å²) in [6.45, 7) is 1.96. The quantitative estimate of drug-likeness (QED) is 0.583. The Morgan fingerprint density at radius 3 is 2.37 bits per heavy atom. The van der Waals surface area contributed by atoms with E-state index in [1.54, 1.807) is 17.5 Å². The molecule has 0 aliphatic heterocycles. The number of rotatable bonds is 10. The standard InChI is InChI=1S/C20H24N2O4S/c1-2-3-10-15(20(25)26)21-18(23)16(13-14-8-5-4-6-9-14)22-19(24)17-11-7-12-27-17/h4-9,11-12,15-16H,2-3,10,13H2,1H3,(H,21,23)(H,22,24)(H,25,26). The van der Waals surface area contributed by atoms with Crippen molar-refractivity contribution in [2.24, 2.45) is 0 Å². The molecule has 0 radical (unpaired) electrons. The van der Waals surface area contributed by atoms with Crippen LogP contribution in [0.15, 0.2) is 47.8 Å². The minimum Gasteiger partial charge on any atom is -0.480 e. The van der Waals surface area contributed by atoms with Crippen LogP contribution in [0.4, 0.5) is 0 Å². The SMILES string of the molecule is CCCCC(NC(=O)C(Cc1ccccc1)NC(=O)c1cccs1)C(=O)O. The third-order valence-electron chi connectivity index (χ3n) is 4.11. The monoisotopic (exact) mass is 388 g/mol. The van der Waals surface area contributed by atoms with E-state index in [2.05, 4.69) is 10.6 Å². The smallest absolute Gasteiger partial charge is 0.326 e. The average Bonchev–Trinajstić information content (AvgIpc) is 3.20. The van der Waals surface area contributed by atoms with E-state index < -0.39 is 24.0 Å². The van der Waals surface area contributed by atoms with E-state index in [9.17, 15) is 19.5 Å². The van der Waals surface area contributed by atoms with Crippen molar-refractivity contribution in [1.29, 1.82) is 0 Å². The van der Waals surface area contributed by atoms with Crippen LogP contribution in [0.1, 0.15) is 41.4 Å². The molecule has 0 aliphatic carbocycles. The molecule has 7 heteroatoms. The number of carboxylic acids is 1. The number of amides is 2. The molecule has 0 fully saturated rings. The van der Waals surface area contributed by atoms with Crippen LogP contribution in [0.3, 0.4) is 0 Å². The van der Waals surface area contributed by atoms with Crippen LogP contribution in [0.5, 0.6) is 0 Å². The number of aliphatic carboxylic acids is 1. The fourth-order valence-electron chi connectivity index (χ4n) is 2.63. The largest absolute Gasteiger partial charge is 0.480 e. The van der Waals surface area contributed by atoms with E-state index in [4.69, 9.17) is 0 Å². The van der Waals surface area contributed by atoms with Gasteiger partial charge in [0.25, 0.3) is 5.91 Å². The Morgan fingerprint density at radius 2 is 1.78 bits per heavy atom. The van der Waals surface area contributed by atoms with Crippen LogP contribution >= 0.6 is 11.3 Å². The number of thiophene rings is 1. The van der Waals surface area contributed by atoms with Gasteiger partial charge in [-0.05, 0) is 23.4 Å². The molecule has 2 aromatic rings. The van der Waals surface area contributed by atoms with Crippen LogP contribution in [0, 0.1) is 0 Å². The molecule has 2 atom stereocenters. The molecule has 6 nitrogen and oxygen atoms in total. The lowest BCUT2D eigenvalue weighted by molar-refractivity contribution is -0.142. The summed E-state index contributed by atoms with van der Waals surface area (Å²) in [5, 5.41) is 16.4. The number of benzene rings is 1. The van der Waals surface area contributed by atoms with Gasteiger partial charge in [0.15, 0.2) is 0 Å². The molecule has 0 bridgehead atoms.